The quantitative estimate of drug-likeness (QED) is 0.919. The monoisotopic (exact) mass is 302 g/mol. The van der Waals surface area contributed by atoms with Crippen molar-refractivity contribution in [3.05, 3.63) is 35.7 Å². The van der Waals surface area contributed by atoms with Gasteiger partial charge in [0.2, 0.25) is 0 Å². The molecule has 2 heterocycles. The molecule has 0 amide bonds. The molecule has 1 aliphatic heterocycles. The van der Waals surface area contributed by atoms with Crippen LogP contribution in [0.1, 0.15) is 44.0 Å². The number of hydrogen-bond acceptors (Lipinski definition) is 5. The average Bonchev–Trinajstić information content (AvgIpc) is 3.15. The minimum absolute atomic E-state index is 0.253. The summed E-state index contributed by atoms with van der Waals surface area (Å²) in [5, 5.41) is 13.8. The number of aromatic nitrogens is 2. The number of rotatable bonds is 5. The molecule has 1 fully saturated rings. The average molecular weight is 302 g/mol. The molecule has 22 heavy (non-hydrogen) atoms. The molecule has 0 radical (unpaired) electrons. The van der Waals surface area contributed by atoms with Gasteiger partial charge in [0.25, 0.3) is 5.89 Å². The van der Waals surface area contributed by atoms with Gasteiger partial charge in [0.15, 0.2) is 5.82 Å². The smallest absolute Gasteiger partial charge is 0.257 e. The topological polar surface area (TPSA) is 68.4 Å². The summed E-state index contributed by atoms with van der Waals surface area (Å²) in [5.41, 5.74) is 1.48. The van der Waals surface area contributed by atoms with Crippen molar-refractivity contribution >= 4 is 0 Å². The Morgan fingerprint density at radius 2 is 2.05 bits per heavy atom. The maximum atomic E-state index is 9.77. The summed E-state index contributed by atoms with van der Waals surface area (Å²) in [6.07, 6.45) is 2.53. The molecule has 0 saturated carbocycles. The zero-order valence-corrected chi connectivity index (χ0v) is 13.1. The van der Waals surface area contributed by atoms with Crippen LogP contribution in [0.3, 0.4) is 0 Å². The molecule has 1 saturated heterocycles. The third-order valence-corrected chi connectivity index (χ3v) is 3.96. The standard InChI is InChI=1S/C17H22N2O3/c1-17(2,20)9-7-12-3-5-13(6-4-12)16-18-15(19-22-16)14-8-10-21-11-14/h3-6,14,20H,7-11H2,1-2H3/t14-/m1/s1. The molecule has 2 aromatic rings. The lowest BCUT2D eigenvalue weighted by atomic mass is 9.98. The summed E-state index contributed by atoms with van der Waals surface area (Å²) < 4.78 is 10.7. The van der Waals surface area contributed by atoms with Crippen LogP contribution >= 0.6 is 0 Å². The van der Waals surface area contributed by atoms with E-state index in [9.17, 15) is 5.11 Å². The van der Waals surface area contributed by atoms with Gasteiger partial charge in [-0.2, -0.15) is 4.98 Å². The first kappa shape index (κ1) is 15.2. The fourth-order valence-electron chi connectivity index (χ4n) is 2.52. The zero-order valence-electron chi connectivity index (χ0n) is 13.1. The van der Waals surface area contributed by atoms with E-state index in [-0.39, 0.29) is 5.92 Å². The number of benzene rings is 1. The minimum Gasteiger partial charge on any atom is -0.390 e. The van der Waals surface area contributed by atoms with Gasteiger partial charge in [-0.1, -0.05) is 17.3 Å². The van der Waals surface area contributed by atoms with Crippen LogP contribution in [-0.4, -0.2) is 34.1 Å². The second-order valence-electron chi connectivity index (χ2n) is 6.53. The lowest BCUT2D eigenvalue weighted by Gasteiger charge is -2.16. The molecule has 3 rings (SSSR count). The van der Waals surface area contributed by atoms with Crippen molar-refractivity contribution < 1.29 is 14.4 Å². The van der Waals surface area contributed by atoms with Crippen molar-refractivity contribution in [3.63, 3.8) is 0 Å². The van der Waals surface area contributed by atoms with Crippen molar-refractivity contribution in [2.45, 2.75) is 44.6 Å². The maximum absolute atomic E-state index is 9.77. The second kappa shape index (κ2) is 6.18. The Hall–Kier alpha value is -1.72. The molecule has 1 aliphatic rings. The fraction of sp³-hybridized carbons (Fsp3) is 0.529. The summed E-state index contributed by atoms with van der Waals surface area (Å²) in [6.45, 7) is 5.10. The van der Waals surface area contributed by atoms with E-state index in [2.05, 4.69) is 10.1 Å². The Kier molecular flexibility index (Phi) is 4.27. The van der Waals surface area contributed by atoms with E-state index in [1.807, 2.05) is 38.1 Å². The predicted molar refractivity (Wildman–Crippen MR) is 82.5 cm³/mol. The zero-order chi connectivity index (χ0) is 15.6. The maximum Gasteiger partial charge on any atom is 0.257 e. The van der Waals surface area contributed by atoms with Crippen molar-refractivity contribution in [1.29, 1.82) is 0 Å². The molecule has 0 unspecified atom stereocenters. The molecular formula is C17H22N2O3. The molecule has 1 aromatic carbocycles. The molecule has 118 valence electrons. The van der Waals surface area contributed by atoms with Crippen molar-refractivity contribution in [3.8, 4) is 11.5 Å². The minimum atomic E-state index is -0.636. The first-order valence-electron chi connectivity index (χ1n) is 7.74. The molecule has 5 heteroatoms. The van der Waals surface area contributed by atoms with Crippen LogP contribution < -0.4 is 0 Å². The van der Waals surface area contributed by atoms with Crippen LogP contribution in [0, 0.1) is 0 Å². The normalized spacial score (nSPS) is 18.8. The van der Waals surface area contributed by atoms with Crippen LogP contribution in [0.15, 0.2) is 28.8 Å². The largest absolute Gasteiger partial charge is 0.390 e. The fourth-order valence-corrected chi connectivity index (χ4v) is 2.52. The highest BCUT2D eigenvalue weighted by Crippen LogP contribution is 2.26. The molecule has 0 spiro atoms. The highest BCUT2D eigenvalue weighted by molar-refractivity contribution is 5.53. The SMILES string of the molecule is CC(C)(O)CCc1ccc(-c2nc([C@@H]3CCOC3)no2)cc1. The summed E-state index contributed by atoms with van der Waals surface area (Å²) in [7, 11) is 0. The van der Waals surface area contributed by atoms with Crippen LogP contribution in [0.2, 0.25) is 0 Å². The lowest BCUT2D eigenvalue weighted by Crippen LogP contribution is -2.19. The van der Waals surface area contributed by atoms with Crippen LogP contribution in [0.25, 0.3) is 11.5 Å². The Morgan fingerprint density at radius 3 is 2.68 bits per heavy atom. The van der Waals surface area contributed by atoms with Gasteiger partial charge < -0.3 is 14.4 Å². The summed E-state index contributed by atoms with van der Waals surface area (Å²) in [4.78, 5) is 4.48. The first-order valence-corrected chi connectivity index (χ1v) is 7.74. The van der Waals surface area contributed by atoms with Gasteiger partial charge >= 0.3 is 0 Å². The molecule has 1 atom stereocenters. The number of aliphatic hydroxyl groups is 1. The van der Waals surface area contributed by atoms with Crippen molar-refractivity contribution in [2.24, 2.45) is 0 Å². The third kappa shape index (κ3) is 3.72. The first-order chi connectivity index (χ1) is 10.5. The summed E-state index contributed by atoms with van der Waals surface area (Å²) in [5.74, 6) is 1.54. The van der Waals surface area contributed by atoms with Gasteiger partial charge in [-0.05, 0) is 50.8 Å². The number of hydrogen-bond donors (Lipinski definition) is 1. The number of ether oxygens (including phenoxy) is 1. The highest BCUT2D eigenvalue weighted by Gasteiger charge is 2.23. The van der Waals surface area contributed by atoms with E-state index in [0.29, 0.717) is 12.5 Å². The van der Waals surface area contributed by atoms with E-state index in [1.54, 1.807) is 0 Å². The van der Waals surface area contributed by atoms with Crippen LogP contribution in [0.5, 0.6) is 0 Å². The van der Waals surface area contributed by atoms with Gasteiger partial charge in [0.05, 0.1) is 12.2 Å². The Labute approximate surface area is 130 Å². The van der Waals surface area contributed by atoms with Crippen LogP contribution in [0.4, 0.5) is 0 Å². The summed E-state index contributed by atoms with van der Waals surface area (Å²) >= 11 is 0. The van der Waals surface area contributed by atoms with Crippen molar-refractivity contribution in [2.75, 3.05) is 13.2 Å². The van der Waals surface area contributed by atoms with E-state index in [0.717, 1.165) is 37.3 Å². The molecule has 0 bridgehead atoms. The van der Waals surface area contributed by atoms with Gasteiger partial charge in [0.1, 0.15) is 0 Å². The highest BCUT2D eigenvalue weighted by atomic mass is 16.5. The number of nitrogens with zero attached hydrogens (tertiary/aromatic N) is 2. The van der Waals surface area contributed by atoms with E-state index < -0.39 is 5.60 Å². The number of aryl methyl sites for hydroxylation is 1. The van der Waals surface area contributed by atoms with Crippen molar-refractivity contribution in [1.82, 2.24) is 10.1 Å². The van der Waals surface area contributed by atoms with Gasteiger partial charge in [-0.25, -0.2) is 0 Å². The molecule has 1 aromatic heterocycles. The third-order valence-electron chi connectivity index (χ3n) is 3.96. The lowest BCUT2D eigenvalue weighted by molar-refractivity contribution is 0.0714. The van der Waals surface area contributed by atoms with E-state index >= 15 is 0 Å². The summed E-state index contributed by atoms with van der Waals surface area (Å²) in [6, 6.07) is 8.07. The molecular weight excluding hydrogens is 280 g/mol. The Balaban J connectivity index is 1.67. The molecule has 5 nitrogen and oxygen atoms in total. The predicted octanol–water partition coefficient (Wildman–Crippen LogP) is 2.94. The Bertz CT molecular complexity index is 608. The second-order valence-corrected chi connectivity index (χ2v) is 6.53. The van der Waals surface area contributed by atoms with Crippen LogP contribution in [-0.2, 0) is 11.2 Å². The molecule has 1 N–H and O–H groups in total. The van der Waals surface area contributed by atoms with Gasteiger partial charge in [-0.3, -0.25) is 0 Å². The molecule has 0 aliphatic carbocycles. The van der Waals surface area contributed by atoms with E-state index in [1.165, 1.54) is 5.56 Å². The van der Waals surface area contributed by atoms with Gasteiger partial charge in [0, 0.05) is 18.1 Å². The van der Waals surface area contributed by atoms with Gasteiger partial charge in [-0.15, -0.1) is 0 Å². The van der Waals surface area contributed by atoms with E-state index in [4.69, 9.17) is 9.26 Å². The Morgan fingerprint density at radius 1 is 1.27 bits per heavy atom.